The summed E-state index contributed by atoms with van der Waals surface area (Å²) >= 11 is 1.46. The van der Waals surface area contributed by atoms with E-state index in [0.29, 0.717) is 17.4 Å². The number of aromatic amines is 1. The van der Waals surface area contributed by atoms with Crippen LogP contribution in [-0.2, 0) is 19.4 Å². The number of halogens is 1. The molecule has 1 aliphatic heterocycles. The minimum atomic E-state index is -0.191. The molecule has 0 unspecified atom stereocenters. The van der Waals surface area contributed by atoms with Gasteiger partial charge in [-0.05, 0) is 6.42 Å². The summed E-state index contributed by atoms with van der Waals surface area (Å²) < 4.78 is 0. The Morgan fingerprint density at radius 1 is 1.52 bits per heavy atom. The Balaban J connectivity index is 0.00000161. The highest BCUT2D eigenvalue weighted by Gasteiger charge is 2.22. The van der Waals surface area contributed by atoms with Gasteiger partial charge in [-0.25, -0.2) is 4.98 Å². The third-order valence-electron chi connectivity index (χ3n) is 3.30. The number of carbonyl (C=O) groups is 1. The lowest BCUT2D eigenvalue weighted by molar-refractivity contribution is 0.102. The Labute approximate surface area is 133 Å². The summed E-state index contributed by atoms with van der Waals surface area (Å²) in [4.78, 5) is 16.7. The van der Waals surface area contributed by atoms with Crippen LogP contribution >= 0.6 is 23.7 Å². The van der Waals surface area contributed by atoms with Crippen LogP contribution in [0.25, 0.3) is 0 Å². The van der Waals surface area contributed by atoms with E-state index in [0.717, 1.165) is 42.8 Å². The second-order valence-electron chi connectivity index (χ2n) is 4.80. The Hall–Kier alpha value is -1.44. The molecule has 0 saturated heterocycles. The van der Waals surface area contributed by atoms with E-state index >= 15 is 0 Å². The maximum absolute atomic E-state index is 12.3. The summed E-state index contributed by atoms with van der Waals surface area (Å²) in [7, 11) is 0. The van der Waals surface area contributed by atoms with Gasteiger partial charge in [-0.15, -0.1) is 23.7 Å². The predicted octanol–water partition coefficient (Wildman–Crippen LogP) is 2.14. The number of rotatable bonds is 4. The van der Waals surface area contributed by atoms with E-state index in [1.807, 2.05) is 5.38 Å². The molecule has 0 spiro atoms. The number of nitrogens with one attached hydrogen (secondary N) is 3. The summed E-state index contributed by atoms with van der Waals surface area (Å²) in [5, 5.41) is 15.8. The number of thiazole rings is 1. The van der Waals surface area contributed by atoms with Crippen molar-refractivity contribution < 1.29 is 4.79 Å². The molecule has 0 atom stereocenters. The number of nitrogens with zero attached hydrogens (tertiary/aromatic N) is 2. The molecule has 1 amide bonds. The van der Waals surface area contributed by atoms with Crippen LogP contribution in [0, 0.1) is 0 Å². The number of aryl methyl sites for hydroxylation is 1. The highest BCUT2D eigenvalue weighted by atomic mass is 35.5. The summed E-state index contributed by atoms with van der Waals surface area (Å²) in [5.74, 6) is -0.191. The first kappa shape index (κ1) is 15.9. The van der Waals surface area contributed by atoms with Crippen molar-refractivity contribution in [1.29, 1.82) is 0 Å². The van der Waals surface area contributed by atoms with E-state index in [-0.39, 0.29) is 18.3 Å². The zero-order valence-electron chi connectivity index (χ0n) is 11.7. The molecule has 8 heteroatoms. The maximum atomic E-state index is 12.3. The monoisotopic (exact) mass is 327 g/mol. The van der Waals surface area contributed by atoms with Gasteiger partial charge in [0.2, 0.25) is 0 Å². The van der Waals surface area contributed by atoms with Crippen molar-refractivity contribution in [2.75, 3.05) is 11.9 Å². The van der Waals surface area contributed by atoms with Crippen LogP contribution in [-0.4, -0.2) is 27.6 Å². The zero-order valence-corrected chi connectivity index (χ0v) is 13.4. The van der Waals surface area contributed by atoms with E-state index in [1.54, 1.807) is 0 Å². The van der Waals surface area contributed by atoms with Gasteiger partial charge in [0.1, 0.15) is 0 Å². The molecule has 0 saturated carbocycles. The highest BCUT2D eigenvalue weighted by Crippen LogP contribution is 2.20. The quantitative estimate of drug-likeness (QED) is 0.803. The largest absolute Gasteiger partial charge is 0.312 e. The van der Waals surface area contributed by atoms with Crippen molar-refractivity contribution in [3.63, 3.8) is 0 Å². The number of fused-ring (bicyclic) bond motifs is 1. The van der Waals surface area contributed by atoms with Crippen molar-refractivity contribution in [2.24, 2.45) is 0 Å². The first-order valence-electron chi connectivity index (χ1n) is 6.80. The average molecular weight is 328 g/mol. The fraction of sp³-hybridized carbons (Fsp3) is 0.462. The molecule has 3 N–H and O–H groups in total. The standard InChI is InChI=1S/C13H17N5OS.ClH/c1-2-3-8-7-20-13(15-8)16-12(19)11-9-6-14-5-4-10(9)17-18-11;/h7,14H,2-6H2,1H3,(H,17,18)(H,15,16,19);1H. The molecule has 1 aliphatic rings. The number of aromatic nitrogens is 3. The van der Waals surface area contributed by atoms with Gasteiger partial charge in [-0.3, -0.25) is 15.2 Å². The van der Waals surface area contributed by atoms with Crippen molar-refractivity contribution in [3.05, 3.63) is 28.0 Å². The summed E-state index contributed by atoms with van der Waals surface area (Å²) in [5.41, 5.74) is 3.52. The fourth-order valence-electron chi connectivity index (χ4n) is 2.30. The Kier molecular flexibility index (Phi) is 5.33. The maximum Gasteiger partial charge on any atom is 0.278 e. The first-order chi connectivity index (χ1) is 9.78. The summed E-state index contributed by atoms with van der Waals surface area (Å²) in [6, 6.07) is 0. The van der Waals surface area contributed by atoms with Crippen molar-refractivity contribution in [1.82, 2.24) is 20.5 Å². The number of hydrogen-bond donors (Lipinski definition) is 3. The van der Waals surface area contributed by atoms with Crippen molar-refractivity contribution in [2.45, 2.75) is 32.7 Å². The van der Waals surface area contributed by atoms with E-state index < -0.39 is 0 Å². The van der Waals surface area contributed by atoms with Gasteiger partial charge in [0, 0.05) is 36.1 Å². The minimum absolute atomic E-state index is 0. The molecule has 0 bridgehead atoms. The molecule has 6 nitrogen and oxygen atoms in total. The second kappa shape index (κ2) is 7.02. The molecular formula is C13H18ClN5OS. The van der Waals surface area contributed by atoms with Gasteiger partial charge >= 0.3 is 0 Å². The zero-order chi connectivity index (χ0) is 13.9. The van der Waals surface area contributed by atoms with Crippen LogP contribution in [0.5, 0.6) is 0 Å². The second-order valence-corrected chi connectivity index (χ2v) is 5.66. The SMILES string of the molecule is CCCc1csc(NC(=O)c2n[nH]c3c2CNCC3)n1.Cl. The van der Waals surface area contributed by atoms with E-state index in [2.05, 4.69) is 32.7 Å². The Morgan fingerprint density at radius 3 is 3.19 bits per heavy atom. The molecule has 0 aromatic carbocycles. The van der Waals surface area contributed by atoms with Crippen molar-refractivity contribution >= 4 is 34.8 Å². The molecule has 21 heavy (non-hydrogen) atoms. The van der Waals surface area contributed by atoms with E-state index in [1.165, 1.54) is 11.3 Å². The van der Waals surface area contributed by atoms with Gasteiger partial charge in [-0.2, -0.15) is 5.10 Å². The lowest BCUT2D eigenvalue weighted by Gasteiger charge is -2.12. The molecule has 0 fully saturated rings. The van der Waals surface area contributed by atoms with Crippen LogP contribution in [0.1, 0.15) is 40.8 Å². The minimum Gasteiger partial charge on any atom is -0.312 e. The smallest absolute Gasteiger partial charge is 0.278 e. The predicted molar refractivity (Wildman–Crippen MR) is 85.3 cm³/mol. The van der Waals surface area contributed by atoms with Gasteiger partial charge < -0.3 is 5.32 Å². The number of hydrogen-bond acceptors (Lipinski definition) is 5. The lowest BCUT2D eigenvalue weighted by atomic mass is 10.1. The number of anilines is 1. The number of carbonyl (C=O) groups excluding carboxylic acids is 1. The number of amides is 1. The molecule has 114 valence electrons. The van der Waals surface area contributed by atoms with Crippen LogP contribution in [0.2, 0.25) is 0 Å². The molecule has 0 radical (unpaired) electrons. The summed E-state index contributed by atoms with van der Waals surface area (Å²) in [6.07, 6.45) is 2.87. The van der Waals surface area contributed by atoms with Gasteiger partial charge in [-0.1, -0.05) is 13.3 Å². The fourth-order valence-corrected chi connectivity index (χ4v) is 3.04. The van der Waals surface area contributed by atoms with Crippen molar-refractivity contribution in [3.8, 4) is 0 Å². The van der Waals surface area contributed by atoms with E-state index in [4.69, 9.17) is 0 Å². The molecule has 2 aromatic heterocycles. The Bertz CT molecular complexity index is 624. The topological polar surface area (TPSA) is 82.7 Å². The lowest BCUT2D eigenvalue weighted by Crippen LogP contribution is -2.25. The van der Waals surface area contributed by atoms with Crippen LogP contribution in [0.3, 0.4) is 0 Å². The molecule has 2 aromatic rings. The molecule has 0 aliphatic carbocycles. The van der Waals surface area contributed by atoms with Crippen LogP contribution < -0.4 is 10.6 Å². The van der Waals surface area contributed by atoms with Gasteiger partial charge in [0.25, 0.3) is 5.91 Å². The highest BCUT2D eigenvalue weighted by molar-refractivity contribution is 7.13. The molecular weight excluding hydrogens is 310 g/mol. The molecule has 3 heterocycles. The summed E-state index contributed by atoms with van der Waals surface area (Å²) in [6.45, 7) is 3.72. The number of H-pyrrole nitrogens is 1. The average Bonchev–Trinajstić information content (AvgIpc) is 3.06. The third-order valence-corrected chi connectivity index (χ3v) is 4.11. The van der Waals surface area contributed by atoms with Gasteiger partial charge in [0.15, 0.2) is 10.8 Å². The van der Waals surface area contributed by atoms with Gasteiger partial charge in [0.05, 0.1) is 5.69 Å². The molecule has 3 rings (SSSR count). The third kappa shape index (κ3) is 3.42. The first-order valence-corrected chi connectivity index (χ1v) is 7.68. The Morgan fingerprint density at radius 2 is 2.38 bits per heavy atom. The van der Waals surface area contributed by atoms with Crippen LogP contribution in [0.4, 0.5) is 5.13 Å². The normalized spacial score (nSPS) is 13.4. The van der Waals surface area contributed by atoms with Crippen LogP contribution in [0.15, 0.2) is 5.38 Å². The van der Waals surface area contributed by atoms with E-state index in [9.17, 15) is 4.79 Å².